The van der Waals surface area contributed by atoms with Gasteiger partial charge in [0.05, 0.1) is 5.69 Å². The monoisotopic (exact) mass is 328 g/mol. The molecule has 0 aliphatic rings. The molecule has 1 N–H and O–H groups in total. The number of ether oxygens (including phenoxy) is 1. The third-order valence-corrected chi connectivity index (χ3v) is 2.76. The average Bonchev–Trinajstić information content (AvgIpc) is 2.20. The number of hydrogen-bond donors (Lipinski definition) is 1. The molecule has 0 unspecified atom stereocenters. The molecule has 0 amide bonds. The molecule has 0 atom stereocenters. The van der Waals surface area contributed by atoms with Crippen molar-refractivity contribution in [2.45, 2.75) is 32.5 Å². The smallest absolute Gasteiger partial charge is 0.364 e. The van der Waals surface area contributed by atoms with E-state index in [1.54, 1.807) is 0 Å². The van der Waals surface area contributed by atoms with Gasteiger partial charge in [-0.25, -0.2) is 4.98 Å². The third-order valence-electron chi connectivity index (χ3n) is 1.99. The Balaban J connectivity index is 2.82. The Bertz CT molecular complexity index is 471. The number of rotatable bonds is 4. The van der Waals surface area contributed by atoms with Crippen LogP contribution in [0.2, 0.25) is 0 Å². The summed E-state index contributed by atoms with van der Waals surface area (Å²) in [5.41, 5.74) is 0.0590. The lowest BCUT2D eigenvalue weighted by Crippen LogP contribution is -2.20. The molecule has 0 radical (unpaired) electrons. The van der Waals surface area contributed by atoms with Gasteiger partial charge in [-0.1, -0.05) is 13.8 Å². The molecule has 0 spiro atoms. The Morgan fingerprint density at radius 3 is 2.56 bits per heavy atom. The van der Waals surface area contributed by atoms with Gasteiger partial charge in [-0.3, -0.25) is 4.79 Å². The molecule has 4 nitrogen and oxygen atoms in total. The molecule has 102 valence electrons. The fourth-order valence-corrected chi connectivity index (χ4v) is 1.88. The number of H-pyrrole nitrogens is 1. The van der Waals surface area contributed by atoms with Crippen molar-refractivity contribution in [1.82, 2.24) is 9.97 Å². The van der Waals surface area contributed by atoms with Crippen LogP contribution in [0.3, 0.4) is 0 Å². The minimum Gasteiger partial charge on any atom is -0.364 e. The molecule has 1 rings (SSSR count). The van der Waals surface area contributed by atoms with Gasteiger partial charge < -0.3 is 9.72 Å². The van der Waals surface area contributed by atoms with Gasteiger partial charge in [0.25, 0.3) is 5.56 Å². The second kappa shape index (κ2) is 5.83. The zero-order chi connectivity index (χ0) is 13.9. The molecule has 0 saturated heterocycles. The second-order valence-corrected chi connectivity index (χ2v) is 4.77. The summed E-state index contributed by atoms with van der Waals surface area (Å²) < 4.78 is 40.4. The Labute approximate surface area is 110 Å². The number of alkyl halides is 3. The minimum absolute atomic E-state index is 0.0250. The van der Waals surface area contributed by atoms with E-state index in [4.69, 9.17) is 0 Å². The lowest BCUT2D eigenvalue weighted by Gasteiger charge is -2.10. The highest BCUT2D eigenvalue weighted by Crippen LogP contribution is 2.19. The van der Waals surface area contributed by atoms with Crippen molar-refractivity contribution >= 4 is 15.9 Å². The molecule has 18 heavy (non-hydrogen) atoms. The quantitative estimate of drug-likeness (QED) is 0.924. The molecular weight excluding hydrogens is 317 g/mol. The number of nitrogens with zero attached hydrogens (tertiary/aromatic N) is 1. The van der Waals surface area contributed by atoms with E-state index in [1.807, 2.05) is 13.8 Å². The predicted octanol–water partition coefficient (Wildman–Crippen LogP) is 2.73. The molecule has 0 fully saturated rings. The van der Waals surface area contributed by atoms with Crippen molar-refractivity contribution in [2.24, 2.45) is 0 Å². The summed E-state index contributed by atoms with van der Waals surface area (Å²) in [4.78, 5) is 17.9. The van der Waals surface area contributed by atoms with Gasteiger partial charge in [-0.05, 0) is 21.8 Å². The minimum atomic E-state index is -4.39. The Hall–Kier alpha value is -0.890. The number of hydrogen-bond acceptors (Lipinski definition) is 3. The molecule has 0 aliphatic heterocycles. The van der Waals surface area contributed by atoms with Gasteiger partial charge in [0, 0.05) is 0 Å². The zero-order valence-corrected chi connectivity index (χ0v) is 11.4. The zero-order valence-electron chi connectivity index (χ0n) is 9.77. The van der Waals surface area contributed by atoms with E-state index < -0.39 is 18.3 Å². The summed E-state index contributed by atoms with van der Waals surface area (Å²) in [6.07, 6.45) is -4.39. The largest absolute Gasteiger partial charge is 0.411 e. The van der Waals surface area contributed by atoms with Crippen LogP contribution in [0.1, 0.15) is 31.3 Å². The van der Waals surface area contributed by atoms with Gasteiger partial charge >= 0.3 is 6.18 Å². The van der Waals surface area contributed by atoms with E-state index >= 15 is 0 Å². The molecule has 1 aromatic heterocycles. The predicted molar refractivity (Wildman–Crippen MR) is 62.4 cm³/mol. The molecule has 0 bridgehead atoms. The molecular formula is C10H12BrF3N2O2. The van der Waals surface area contributed by atoms with E-state index in [1.165, 1.54) is 0 Å². The van der Waals surface area contributed by atoms with Crippen molar-refractivity contribution in [2.75, 3.05) is 6.61 Å². The van der Waals surface area contributed by atoms with Gasteiger partial charge in [0.1, 0.15) is 23.5 Å². The summed E-state index contributed by atoms with van der Waals surface area (Å²) in [6.45, 7) is 1.89. The fraction of sp³-hybridized carbons (Fsp3) is 0.600. The van der Waals surface area contributed by atoms with E-state index in [9.17, 15) is 18.0 Å². The van der Waals surface area contributed by atoms with Crippen LogP contribution in [-0.4, -0.2) is 22.8 Å². The highest BCUT2D eigenvalue weighted by molar-refractivity contribution is 9.10. The second-order valence-electron chi connectivity index (χ2n) is 3.97. The van der Waals surface area contributed by atoms with Crippen molar-refractivity contribution < 1.29 is 17.9 Å². The molecule has 1 heterocycles. The Kier molecular flexibility index (Phi) is 4.92. The van der Waals surface area contributed by atoms with Crippen LogP contribution in [-0.2, 0) is 11.3 Å². The topological polar surface area (TPSA) is 55.0 Å². The Morgan fingerprint density at radius 1 is 1.44 bits per heavy atom. The lowest BCUT2D eigenvalue weighted by molar-refractivity contribution is -0.177. The van der Waals surface area contributed by atoms with Gasteiger partial charge in [0.2, 0.25) is 0 Å². The average molecular weight is 329 g/mol. The summed E-state index contributed by atoms with van der Waals surface area (Å²) in [6, 6.07) is 0. The number of aromatic amines is 1. The van der Waals surface area contributed by atoms with Gasteiger partial charge in [-0.2, -0.15) is 13.2 Å². The van der Waals surface area contributed by atoms with Crippen molar-refractivity contribution in [3.8, 4) is 0 Å². The first kappa shape index (κ1) is 15.2. The highest BCUT2D eigenvalue weighted by atomic mass is 79.9. The summed E-state index contributed by atoms with van der Waals surface area (Å²) in [5.74, 6) is 0.0548. The fourth-order valence-electron chi connectivity index (χ4n) is 1.24. The summed E-state index contributed by atoms with van der Waals surface area (Å²) >= 11 is 3.09. The number of aromatic nitrogens is 2. The first-order valence-electron chi connectivity index (χ1n) is 5.14. The standard InChI is InChI=1S/C10H12BrF3N2O2/c1-5(2)8-7(11)9(17)16-6(15-8)3-18-4-10(12,13)14/h5H,3-4H2,1-2H3,(H,15,16,17). The van der Waals surface area contributed by atoms with Crippen LogP contribution in [0.15, 0.2) is 9.27 Å². The molecule has 1 aromatic rings. The molecule has 0 aromatic carbocycles. The van der Waals surface area contributed by atoms with Gasteiger partial charge in [-0.15, -0.1) is 0 Å². The van der Waals surface area contributed by atoms with Crippen molar-refractivity contribution in [1.29, 1.82) is 0 Å². The Morgan fingerprint density at radius 2 is 2.06 bits per heavy atom. The molecule has 0 aliphatic carbocycles. The van der Waals surface area contributed by atoms with Crippen molar-refractivity contribution in [3.05, 3.63) is 26.3 Å². The third kappa shape index (κ3) is 4.41. The maximum Gasteiger partial charge on any atom is 0.411 e. The van der Waals surface area contributed by atoms with Crippen LogP contribution in [0.25, 0.3) is 0 Å². The maximum atomic E-state index is 11.9. The summed E-state index contributed by atoms with van der Waals surface area (Å²) in [7, 11) is 0. The van der Waals surface area contributed by atoms with E-state index in [0.717, 1.165) is 0 Å². The van der Waals surface area contributed by atoms with E-state index in [0.29, 0.717) is 5.69 Å². The number of nitrogens with one attached hydrogen (secondary N) is 1. The maximum absolute atomic E-state index is 11.9. The van der Waals surface area contributed by atoms with Gasteiger partial charge in [0.15, 0.2) is 0 Å². The number of halogens is 4. The van der Waals surface area contributed by atoms with Crippen LogP contribution in [0.4, 0.5) is 13.2 Å². The molecule has 8 heteroatoms. The van der Waals surface area contributed by atoms with Crippen LogP contribution < -0.4 is 5.56 Å². The first-order chi connectivity index (χ1) is 8.20. The normalized spacial score (nSPS) is 12.2. The lowest BCUT2D eigenvalue weighted by atomic mass is 10.1. The highest BCUT2D eigenvalue weighted by Gasteiger charge is 2.27. The van der Waals surface area contributed by atoms with Crippen LogP contribution in [0, 0.1) is 0 Å². The summed E-state index contributed by atoms with van der Waals surface area (Å²) in [5, 5.41) is 0. The van der Waals surface area contributed by atoms with E-state index in [-0.39, 0.29) is 22.8 Å². The van der Waals surface area contributed by atoms with Crippen LogP contribution in [0.5, 0.6) is 0 Å². The molecule has 0 saturated carbocycles. The van der Waals surface area contributed by atoms with Crippen molar-refractivity contribution in [3.63, 3.8) is 0 Å². The first-order valence-corrected chi connectivity index (χ1v) is 5.93. The van der Waals surface area contributed by atoms with E-state index in [2.05, 4.69) is 30.6 Å². The van der Waals surface area contributed by atoms with Crippen LogP contribution >= 0.6 is 15.9 Å². The SMILES string of the molecule is CC(C)c1nc(COCC(F)(F)F)[nH]c(=O)c1Br.